The van der Waals surface area contributed by atoms with Crippen LogP contribution in [0.15, 0.2) is 388 Å². The van der Waals surface area contributed by atoms with E-state index in [1.165, 1.54) is 117 Å². The Morgan fingerprint density at radius 1 is 0.170 bits per heavy atom. The van der Waals surface area contributed by atoms with E-state index >= 15 is 0 Å². The van der Waals surface area contributed by atoms with Crippen molar-refractivity contribution in [2.24, 2.45) is 0 Å². The van der Waals surface area contributed by atoms with Crippen LogP contribution in [-0.2, 0) is 0 Å². The summed E-state index contributed by atoms with van der Waals surface area (Å²) in [6.07, 6.45) is 0. The molecule has 0 bridgehead atoms. The van der Waals surface area contributed by atoms with Crippen LogP contribution in [0.4, 0.5) is 0 Å². The lowest BCUT2D eigenvalue weighted by molar-refractivity contribution is 1.07. The van der Waals surface area contributed by atoms with E-state index in [-0.39, 0.29) is 0 Å². The molecular weight excluding hydrogens is 1400 g/mol. The van der Waals surface area contributed by atoms with Gasteiger partial charge in [-0.3, -0.25) is 0 Å². The third-order valence-corrected chi connectivity index (χ3v) is 23.7. The van der Waals surface area contributed by atoms with Crippen LogP contribution in [-0.4, -0.2) is 39.0 Å². The monoisotopic (exact) mass is 1460 g/mol. The van der Waals surface area contributed by atoms with Crippen molar-refractivity contribution in [2.45, 2.75) is 0 Å². The number of thiophene rings is 2. The topological polar surface area (TPSA) is 87.2 Å². The van der Waals surface area contributed by atoms with Crippen molar-refractivity contribution in [1.82, 2.24) is 39.0 Å². The molecule has 22 aromatic rings. The molecule has 112 heavy (non-hydrogen) atoms. The summed E-state index contributed by atoms with van der Waals surface area (Å²) in [5.74, 6) is 3.88. The van der Waals surface area contributed by atoms with Crippen molar-refractivity contribution < 1.29 is 0 Å². The van der Waals surface area contributed by atoms with Crippen LogP contribution < -0.4 is 0 Å². The molecule has 524 valence electrons. The first-order chi connectivity index (χ1) is 55.5. The Hall–Kier alpha value is -14.4. The standard InChI is InChI=1S/2C51H32N4S/c1-4-15-33(16-5-1)36-27-28-41-40-23-10-12-25-45(40)55(46(41)30-36)39-31-43(48-44(32-39)42-24-11-13-26-47(42)56-48)37-21-14-22-38(29-37)51-53-49(34-17-6-2-7-18-34)52-50(54-51)35-19-8-3-9-20-35;1-4-14-33(15-5-1)38-28-29-41-40-20-10-12-22-45(40)55(46(41)30-38)39-31-43(48-44(32-39)42-21-11-13-23-47(42)56-48)34-24-26-37(27-25-34)51-53-49(35-16-6-2-7-17-35)52-50(54-51)36-18-8-3-9-19-36/h2*1-32H. The number of nitrogens with zero attached hydrogens (tertiary/aromatic N) is 8. The number of hydrogen-bond acceptors (Lipinski definition) is 8. The van der Waals surface area contributed by atoms with Crippen LogP contribution in [0, 0.1) is 0 Å². The lowest BCUT2D eigenvalue weighted by Crippen LogP contribution is -2.00. The summed E-state index contributed by atoms with van der Waals surface area (Å²) in [4.78, 5) is 30.0. The molecular formula is C102H64N8S2. The fourth-order valence-electron chi connectivity index (χ4n) is 15.9. The van der Waals surface area contributed by atoms with Crippen molar-refractivity contribution in [1.29, 1.82) is 0 Å². The van der Waals surface area contributed by atoms with Gasteiger partial charge < -0.3 is 9.13 Å². The molecule has 0 saturated carbocycles. The summed E-state index contributed by atoms with van der Waals surface area (Å²) in [7, 11) is 0. The molecule has 0 atom stereocenters. The Morgan fingerprint density at radius 2 is 0.455 bits per heavy atom. The normalized spacial score (nSPS) is 11.6. The molecule has 0 fully saturated rings. The van der Waals surface area contributed by atoms with Gasteiger partial charge in [-0.15, -0.1) is 22.7 Å². The van der Waals surface area contributed by atoms with Gasteiger partial charge in [0.05, 0.1) is 22.1 Å². The zero-order chi connectivity index (χ0) is 74.0. The molecule has 0 aliphatic carbocycles. The van der Waals surface area contributed by atoms with E-state index in [4.69, 9.17) is 29.9 Å². The summed E-state index contributed by atoms with van der Waals surface area (Å²) in [5, 5.41) is 9.97. The fourth-order valence-corrected chi connectivity index (χ4v) is 18.4. The van der Waals surface area contributed by atoms with E-state index in [0.717, 1.165) is 55.9 Å². The number of rotatable bonds is 12. The molecule has 10 heteroatoms. The summed E-state index contributed by atoms with van der Waals surface area (Å²) in [5.41, 5.74) is 22.1. The third kappa shape index (κ3) is 11.9. The zero-order valence-electron chi connectivity index (χ0n) is 60.3. The van der Waals surface area contributed by atoms with Gasteiger partial charge >= 0.3 is 0 Å². The fraction of sp³-hybridized carbons (Fsp3) is 0. The van der Waals surface area contributed by atoms with Gasteiger partial charge in [0.25, 0.3) is 0 Å². The van der Waals surface area contributed by atoms with Crippen molar-refractivity contribution in [3.05, 3.63) is 388 Å². The summed E-state index contributed by atoms with van der Waals surface area (Å²) >= 11 is 3.70. The highest BCUT2D eigenvalue weighted by molar-refractivity contribution is 7.26. The van der Waals surface area contributed by atoms with Crippen LogP contribution in [0.3, 0.4) is 0 Å². The van der Waals surface area contributed by atoms with E-state index in [1.54, 1.807) is 0 Å². The number of aromatic nitrogens is 8. The van der Waals surface area contributed by atoms with Gasteiger partial charge in [0.2, 0.25) is 0 Å². The van der Waals surface area contributed by atoms with E-state index in [2.05, 4.69) is 276 Å². The van der Waals surface area contributed by atoms with Crippen molar-refractivity contribution in [2.75, 3.05) is 0 Å². The lowest BCUT2D eigenvalue weighted by Gasteiger charge is -2.14. The molecule has 0 saturated heterocycles. The number of hydrogen-bond donors (Lipinski definition) is 0. The Labute approximate surface area is 653 Å². The average molecular weight is 1470 g/mol. The highest BCUT2D eigenvalue weighted by atomic mass is 32.1. The van der Waals surface area contributed by atoms with Crippen LogP contribution in [0.2, 0.25) is 0 Å². The quantitative estimate of drug-likeness (QED) is 0.121. The Balaban J connectivity index is 0.000000141. The molecule has 0 radical (unpaired) electrons. The summed E-state index contributed by atoms with van der Waals surface area (Å²) < 4.78 is 9.96. The van der Waals surface area contributed by atoms with Gasteiger partial charge in [0.15, 0.2) is 34.9 Å². The van der Waals surface area contributed by atoms with E-state index in [1.807, 2.05) is 144 Å². The first-order valence-electron chi connectivity index (χ1n) is 37.5. The Kier molecular flexibility index (Phi) is 16.4. The van der Waals surface area contributed by atoms with Crippen molar-refractivity contribution in [3.63, 3.8) is 0 Å². The zero-order valence-corrected chi connectivity index (χ0v) is 62.0. The van der Waals surface area contributed by atoms with Crippen LogP contribution >= 0.6 is 22.7 Å². The van der Waals surface area contributed by atoms with Gasteiger partial charge in [-0.2, -0.15) is 0 Å². The predicted octanol–water partition coefficient (Wildman–Crippen LogP) is 27.3. The lowest BCUT2D eigenvalue weighted by atomic mass is 9.99. The molecule has 6 heterocycles. The van der Waals surface area contributed by atoms with Crippen molar-refractivity contribution >= 4 is 107 Å². The maximum Gasteiger partial charge on any atom is 0.164 e. The van der Waals surface area contributed by atoms with Crippen molar-refractivity contribution in [3.8, 4) is 124 Å². The SMILES string of the molecule is c1ccc(-c2ccc3c4ccccc4n(-c4cc(-c5ccc(-c6nc(-c7ccccc7)nc(-c7ccccc7)n6)cc5)c5sc6ccccc6c5c4)c3c2)cc1.c1ccc(-c2ccc3c4ccccc4n(-c4cc(-c5cccc(-c6nc(-c7ccccc7)nc(-c7ccccc7)n6)c5)c5sc6ccccc6c5c4)c3c2)cc1. The maximum atomic E-state index is 5.07. The highest BCUT2D eigenvalue weighted by Gasteiger charge is 2.23. The number of benzene rings is 16. The van der Waals surface area contributed by atoms with Crippen LogP contribution in [0.5, 0.6) is 0 Å². The summed E-state index contributed by atoms with van der Waals surface area (Å²) in [6.45, 7) is 0. The first-order valence-corrected chi connectivity index (χ1v) is 39.2. The molecule has 0 spiro atoms. The van der Waals surface area contributed by atoms with E-state index in [0.29, 0.717) is 34.9 Å². The Morgan fingerprint density at radius 3 is 0.857 bits per heavy atom. The summed E-state index contributed by atoms with van der Waals surface area (Å²) in [6, 6.07) is 137. The minimum Gasteiger partial charge on any atom is -0.309 e. The van der Waals surface area contributed by atoms with E-state index < -0.39 is 0 Å². The molecule has 16 aromatic carbocycles. The molecule has 0 amide bonds. The van der Waals surface area contributed by atoms with Gasteiger partial charge in [0.1, 0.15) is 0 Å². The highest BCUT2D eigenvalue weighted by Crippen LogP contribution is 2.47. The molecule has 0 aliphatic heterocycles. The maximum absolute atomic E-state index is 5.07. The molecule has 0 unspecified atom stereocenters. The molecule has 8 nitrogen and oxygen atoms in total. The van der Waals surface area contributed by atoms with E-state index in [9.17, 15) is 0 Å². The van der Waals surface area contributed by atoms with Gasteiger partial charge in [-0.25, -0.2) is 29.9 Å². The second-order valence-corrected chi connectivity index (χ2v) is 30.2. The minimum atomic E-state index is 0.638. The largest absolute Gasteiger partial charge is 0.309 e. The molecule has 6 aromatic heterocycles. The second kappa shape index (κ2) is 28.0. The second-order valence-electron chi connectivity index (χ2n) is 28.1. The first kappa shape index (κ1) is 65.8. The predicted molar refractivity (Wildman–Crippen MR) is 468 cm³/mol. The minimum absolute atomic E-state index is 0.638. The smallest absolute Gasteiger partial charge is 0.164 e. The van der Waals surface area contributed by atoms with Crippen LogP contribution in [0.25, 0.3) is 208 Å². The molecule has 0 aliphatic rings. The third-order valence-electron chi connectivity index (χ3n) is 21.3. The number of fused-ring (bicyclic) bond motifs is 12. The molecule has 0 N–H and O–H groups in total. The van der Waals surface area contributed by atoms with Gasteiger partial charge in [-0.05, 0) is 100 Å². The molecule has 22 rings (SSSR count). The van der Waals surface area contributed by atoms with Gasteiger partial charge in [0, 0.05) is 118 Å². The van der Waals surface area contributed by atoms with Gasteiger partial charge in [-0.1, -0.05) is 322 Å². The number of para-hydroxylation sites is 2. The average Bonchev–Trinajstić information content (AvgIpc) is 1.58. The van der Waals surface area contributed by atoms with Crippen LogP contribution in [0.1, 0.15) is 0 Å². The Bertz CT molecular complexity index is 7230.